The van der Waals surface area contributed by atoms with Crippen molar-refractivity contribution < 1.29 is 33.4 Å². The summed E-state index contributed by atoms with van der Waals surface area (Å²) in [5, 5.41) is 9.83. The smallest absolute Gasteiger partial charge is 0.306 e. The Bertz CT molecular complexity index is 1110. The fourth-order valence-corrected chi connectivity index (χ4v) is 9.17. The number of ether oxygens (including phenoxy) is 1. The Labute approximate surface area is 226 Å². The molecule has 0 heterocycles. The van der Waals surface area contributed by atoms with E-state index in [0.29, 0.717) is 23.8 Å². The largest absolute Gasteiger partial charge is 0.449 e. The van der Waals surface area contributed by atoms with Gasteiger partial charge in [-0.25, -0.2) is 4.39 Å². The van der Waals surface area contributed by atoms with E-state index in [1.165, 1.54) is 37.2 Å². The number of carbonyl (C=O) groups excluding carboxylic acids is 4. The fraction of sp³-hybridized carbons (Fsp3) is 0.704. The summed E-state index contributed by atoms with van der Waals surface area (Å²) in [7, 11) is 3.04. The van der Waals surface area contributed by atoms with Crippen LogP contribution in [-0.4, -0.2) is 69.0 Å². The minimum atomic E-state index is -2.16. The first-order valence-electron chi connectivity index (χ1n) is 12.7. The molecule has 10 heteroatoms. The molecule has 3 saturated carbocycles. The van der Waals surface area contributed by atoms with Crippen LogP contribution >= 0.6 is 23.4 Å². The van der Waals surface area contributed by atoms with Crippen LogP contribution in [0.15, 0.2) is 23.8 Å². The standard InChI is InChI=1S/C27H35ClFNO6S/c1-7-21(33)36-27(22(34)37-23(35)30(5)6)14(2)10-16-17-12-19(28)18-11-15(31)8-9-24(18,3)26(17,29)20(32)13-25(16,27)4/h8-9,11,14,16-17,19-20,32H,7,10,12-13H2,1-6H3/t14-,16+,17+,19+,20+,24+,25+,26+,27+/m1/s1. The van der Waals surface area contributed by atoms with E-state index in [4.69, 9.17) is 16.3 Å². The summed E-state index contributed by atoms with van der Waals surface area (Å²) in [4.78, 5) is 52.6. The van der Waals surface area contributed by atoms with Crippen molar-refractivity contribution in [3.05, 3.63) is 23.8 Å². The molecule has 0 unspecified atom stereocenters. The number of nitrogens with zero attached hydrogens (tertiary/aromatic N) is 1. The van der Waals surface area contributed by atoms with Crippen LogP contribution in [0.2, 0.25) is 0 Å². The van der Waals surface area contributed by atoms with Crippen molar-refractivity contribution >= 4 is 45.5 Å². The number of hydrogen-bond acceptors (Lipinski definition) is 7. The van der Waals surface area contributed by atoms with E-state index in [1.807, 2.05) is 0 Å². The Hall–Kier alpha value is -1.71. The minimum Gasteiger partial charge on any atom is -0.449 e. The lowest BCUT2D eigenvalue weighted by molar-refractivity contribution is -0.224. The summed E-state index contributed by atoms with van der Waals surface area (Å²) in [5.74, 6) is -2.68. The summed E-state index contributed by atoms with van der Waals surface area (Å²) in [5.41, 5.74) is -5.92. The van der Waals surface area contributed by atoms with Gasteiger partial charge in [-0.1, -0.05) is 26.8 Å². The first-order valence-corrected chi connectivity index (χ1v) is 14.0. The average Bonchev–Trinajstić information content (AvgIpc) is 3.04. The molecule has 0 aromatic carbocycles. The number of aliphatic hydroxyl groups excluding tert-OH is 1. The molecule has 4 aliphatic rings. The lowest BCUT2D eigenvalue weighted by Crippen LogP contribution is -2.70. The summed E-state index contributed by atoms with van der Waals surface area (Å²) in [6.45, 7) is 6.83. The van der Waals surface area contributed by atoms with Crippen LogP contribution in [0.25, 0.3) is 0 Å². The van der Waals surface area contributed by atoms with Crippen molar-refractivity contribution in [3.63, 3.8) is 0 Å². The number of fused-ring (bicyclic) bond motifs is 5. The van der Waals surface area contributed by atoms with Crippen molar-refractivity contribution in [3.8, 4) is 0 Å². The second-order valence-corrected chi connectivity index (χ2v) is 13.1. The minimum absolute atomic E-state index is 0.0165. The SMILES string of the molecule is CCC(=O)O[C@]1(C(=O)SC(=O)N(C)C)[C@H](C)C[C@H]2[C@@H]3C[C@H](Cl)C4=CC(=O)C=C[C@]4(C)[C@@]3(F)[C@@H](O)C[C@@]21C. The first kappa shape index (κ1) is 28.3. The Morgan fingerprint density at radius 1 is 1.24 bits per heavy atom. The summed E-state index contributed by atoms with van der Waals surface area (Å²) in [6.07, 6.45) is 3.01. The van der Waals surface area contributed by atoms with Gasteiger partial charge in [-0.15, -0.1) is 11.6 Å². The highest BCUT2D eigenvalue weighted by Crippen LogP contribution is 2.72. The van der Waals surface area contributed by atoms with Gasteiger partial charge in [0.1, 0.15) is 0 Å². The molecule has 0 aromatic heterocycles. The van der Waals surface area contributed by atoms with Crippen LogP contribution in [0.1, 0.15) is 53.4 Å². The molecule has 4 aliphatic carbocycles. The monoisotopic (exact) mass is 555 g/mol. The van der Waals surface area contributed by atoms with Gasteiger partial charge in [0.05, 0.1) is 11.5 Å². The van der Waals surface area contributed by atoms with Crippen LogP contribution < -0.4 is 0 Å². The normalized spacial score (nSPS) is 44.3. The number of hydrogen-bond donors (Lipinski definition) is 1. The van der Waals surface area contributed by atoms with Crippen LogP contribution in [0, 0.1) is 28.6 Å². The molecule has 0 aromatic rings. The highest BCUT2D eigenvalue weighted by atomic mass is 35.5. The number of ketones is 1. The van der Waals surface area contributed by atoms with Gasteiger partial charge in [-0.3, -0.25) is 19.2 Å². The molecule has 0 aliphatic heterocycles. The Kier molecular flexibility index (Phi) is 7.03. The zero-order valence-electron chi connectivity index (χ0n) is 22.0. The van der Waals surface area contributed by atoms with Gasteiger partial charge in [0, 0.05) is 54.9 Å². The molecule has 0 spiro atoms. The quantitative estimate of drug-likeness (QED) is 0.405. The van der Waals surface area contributed by atoms with E-state index in [2.05, 4.69) is 0 Å². The van der Waals surface area contributed by atoms with E-state index in [0.717, 1.165) is 0 Å². The van der Waals surface area contributed by atoms with Gasteiger partial charge < -0.3 is 14.7 Å². The maximum atomic E-state index is 17.5. The lowest BCUT2D eigenvalue weighted by Gasteiger charge is -2.63. The second-order valence-electron chi connectivity index (χ2n) is 11.6. The van der Waals surface area contributed by atoms with Crippen LogP contribution in [-0.2, 0) is 19.1 Å². The van der Waals surface area contributed by atoms with Crippen molar-refractivity contribution in [2.75, 3.05) is 14.1 Å². The lowest BCUT2D eigenvalue weighted by atomic mass is 9.44. The average molecular weight is 556 g/mol. The van der Waals surface area contributed by atoms with E-state index >= 15 is 4.39 Å². The predicted octanol–water partition coefficient (Wildman–Crippen LogP) is 4.45. The van der Waals surface area contributed by atoms with Crippen molar-refractivity contribution in [2.24, 2.45) is 28.6 Å². The van der Waals surface area contributed by atoms with E-state index < -0.39 is 67.7 Å². The topological polar surface area (TPSA) is 101 Å². The number of allylic oxidation sites excluding steroid dienone is 4. The van der Waals surface area contributed by atoms with Crippen LogP contribution in [0.4, 0.5) is 9.18 Å². The molecule has 0 saturated heterocycles. The number of thioether (sulfide) groups is 1. The van der Waals surface area contributed by atoms with Gasteiger partial charge in [-0.05, 0) is 49.8 Å². The van der Waals surface area contributed by atoms with Crippen LogP contribution in [0.3, 0.4) is 0 Å². The third kappa shape index (κ3) is 3.70. The van der Waals surface area contributed by atoms with E-state index in [1.54, 1.807) is 27.7 Å². The first-order chi connectivity index (χ1) is 17.1. The maximum absolute atomic E-state index is 17.5. The second kappa shape index (κ2) is 9.19. The third-order valence-electron chi connectivity index (χ3n) is 9.58. The Balaban J connectivity index is 1.86. The highest BCUT2D eigenvalue weighted by molar-refractivity contribution is 8.26. The summed E-state index contributed by atoms with van der Waals surface area (Å²) < 4.78 is 23.5. The van der Waals surface area contributed by atoms with E-state index in [-0.39, 0.29) is 25.0 Å². The summed E-state index contributed by atoms with van der Waals surface area (Å²) >= 11 is 7.26. The van der Waals surface area contributed by atoms with Gasteiger partial charge in [-0.2, -0.15) is 0 Å². The molecule has 0 bridgehead atoms. The van der Waals surface area contributed by atoms with Gasteiger partial charge in [0.15, 0.2) is 17.1 Å². The van der Waals surface area contributed by atoms with Gasteiger partial charge >= 0.3 is 5.97 Å². The molecule has 1 N–H and O–H groups in total. The highest BCUT2D eigenvalue weighted by Gasteiger charge is 2.78. The molecule has 7 nitrogen and oxygen atoms in total. The molecule has 37 heavy (non-hydrogen) atoms. The number of halogens is 2. The van der Waals surface area contributed by atoms with Gasteiger partial charge in [0.25, 0.3) is 5.24 Å². The third-order valence-corrected chi connectivity index (χ3v) is 11.0. The molecular formula is C27H35ClFNO6S. The molecular weight excluding hydrogens is 521 g/mol. The van der Waals surface area contributed by atoms with Crippen LogP contribution in [0.5, 0.6) is 0 Å². The maximum Gasteiger partial charge on any atom is 0.306 e. The molecule has 3 fully saturated rings. The number of carbonyl (C=O) groups is 4. The number of esters is 1. The van der Waals surface area contributed by atoms with Crippen molar-refractivity contribution in [1.82, 2.24) is 4.90 Å². The number of rotatable bonds is 3. The van der Waals surface area contributed by atoms with Gasteiger partial charge in [0.2, 0.25) is 5.12 Å². The molecule has 9 atom stereocenters. The predicted molar refractivity (Wildman–Crippen MR) is 139 cm³/mol. The number of amides is 1. The molecule has 204 valence electrons. The number of alkyl halides is 2. The zero-order chi connectivity index (χ0) is 27.7. The number of aliphatic hydroxyl groups is 1. The molecule has 4 rings (SSSR count). The summed E-state index contributed by atoms with van der Waals surface area (Å²) in [6, 6.07) is 0. The van der Waals surface area contributed by atoms with Crippen molar-refractivity contribution in [2.45, 2.75) is 76.1 Å². The molecule has 1 amide bonds. The Morgan fingerprint density at radius 2 is 1.89 bits per heavy atom. The van der Waals surface area contributed by atoms with E-state index in [9.17, 15) is 24.3 Å². The zero-order valence-corrected chi connectivity index (χ0v) is 23.6. The fourth-order valence-electron chi connectivity index (χ4n) is 7.72. The van der Waals surface area contributed by atoms with Crippen molar-refractivity contribution in [1.29, 1.82) is 0 Å². The Morgan fingerprint density at radius 3 is 2.49 bits per heavy atom. The molecule has 0 radical (unpaired) electrons.